The lowest BCUT2D eigenvalue weighted by atomic mass is 10.2. The molecule has 0 aliphatic carbocycles. The highest BCUT2D eigenvalue weighted by Crippen LogP contribution is 2.26. The highest BCUT2D eigenvalue weighted by atomic mass is 19.3. The van der Waals surface area contributed by atoms with Gasteiger partial charge in [0.2, 0.25) is 0 Å². The molecule has 0 bridgehead atoms. The summed E-state index contributed by atoms with van der Waals surface area (Å²) in [6, 6.07) is 2.22. The maximum Gasteiger partial charge on any atom is 0.387 e. The van der Waals surface area contributed by atoms with Crippen LogP contribution in [0.1, 0.15) is 19.8 Å². The molecule has 0 radical (unpaired) electrons. The van der Waals surface area contributed by atoms with Crippen LogP contribution in [0, 0.1) is 5.82 Å². The van der Waals surface area contributed by atoms with Crippen LogP contribution in [-0.2, 0) is 0 Å². The first-order valence-electron chi connectivity index (χ1n) is 6.39. The first-order valence-corrected chi connectivity index (χ1v) is 6.39. The van der Waals surface area contributed by atoms with Gasteiger partial charge in [0.1, 0.15) is 5.82 Å². The summed E-state index contributed by atoms with van der Waals surface area (Å²) in [5.74, 6) is -1.23. The maximum atomic E-state index is 13.0. The van der Waals surface area contributed by atoms with Gasteiger partial charge in [0.05, 0.1) is 11.8 Å². The Kier molecular flexibility index (Phi) is 6.80. The van der Waals surface area contributed by atoms with Crippen molar-refractivity contribution in [2.45, 2.75) is 32.5 Å². The number of nitrogens with one attached hydrogen (secondary N) is 2. The number of amides is 2. The van der Waals surface area contributed by atoms with Crippen molar-refractivity contribution in [1.82, 2.24) is 5.32 Å². The van der Waals surface area contributed by atoms with Gasteiger partial charge in [-0.2, -0.15) is 8.78 Å². The second-order valence-electron chi connectivity index (χ2n) is 4.25. The third-order valence-electron chi connectivity index (χ3n) is 2.64. The van der Waals surface area contributed by atoms with E-state index in [1.165, 1.54) is 0 Å². The van der Waals surface area contributed by atoms with Crippen molar-refractivity contribution >= 4 is 11.7 Å². The lowest BCUT2D eigenvalue weighted by molar-refractivity contribution is -0.0495. The Balaban J connectivity index is 2.58. The van der Waals surface area contributed by atoms with Crippen LogP contribution >= 0.6 is 0 Å². The second kappa shape index (κ2) is 8.35. The smallest absolute Gasteiger partial charge is 0.387 e. The molecule has 0 saturated heterocycles. The van der Waals surface area contributed by atoms with Crippen molar-refractivity contribution in [3.05, 3.63) is 24.0 Å². The summed E-state index contributed by atoms with van der Waals surface area (Å²) >= 11 is 0. The van der Waals surface area contributed by atoms with Gasteiger partial charge >= 0.3 is 12.6 Å². The molecule has 0 aliphatic heterocycles. The average Bonchev–Trinajstić information content (AvgIpc) is 2.41. The van der Waals surface area contributed by atoms with Gasteiger partial charge in [-0.15, -0.1) is 0 Å². The van der Waals surface area contributed by atoms with E-state index in [4.69, 9.17) is 0 Å². The van der Waals surface area contributed by atoms with Crippen molar-refractivity contribution in [3.8, 4) is 5.75 Å². The fourth-order valence-corrected chi connectivity index (χ4v) is 1.52. The van der Waals surface area contributed by atoms with E-state index < -0.39 is 30.3 Å². The van der Waals surface area contributed by atoms with Crippen LogP contribution in [0.15, 0.2) is 18.2 Å². The number of benzene rings is 1. The molecule has 3 N–H and O–H groups in total. The number of carbonyl (C=O) groups is 1. The Hall–Kier alpha value is -1.96. The number of aliphatic hydroxyl groups excluding tert-OH is 1. The van der Waals surface area contributed by atoms with E-state index in [2.05, 4.69) is 15.4 Å². The van der Waals surface area contributed by atoms with E-state index in [0.717, 1.165) is 18.2 Å². The number of carbonyl (C=O) groups excluding carboxylic acids is 1. The lowest BCUT2D eigenvalue weighted by Crippen LogP contribution is -2.31. The largest absolute Gasteiger partial charge is 0.432 e. The van der Waals surface area contributed by atoms with Crippen molar-refractivity contribution in [2.24, 2.45) is 0 Å². The molecule has 0 heterocycles. The summed E-state index contributed by atoms with van der Waals surface area (Å²) in [4.78, 5) is 11.6. The molecule has 1 aromatic carbocycles. The monoisotopic (exact) mass is 306 g/mol. The van der Waals surface area contributed by atoms with Gasteiger partial charge in [-0.3, -0.25) is 0 Å². The van der Waals surface area contributed by atoms with Gasteiger partial charge in [0.15, 0.2) is 5.75 Å². The van der Waals surface area contributed by atoms with Crippen molar-refractivity contribution in [3.63, 3.8) is 0 Å². The van der Waals surface area contributed by atoms with Gasteiger partial charge in [-0.05, 0) is 25.0 Å². The summed E-state index contributed by atoms with van der Waals surface area (Å²) in [5, 5.41) is 14.0. The van der Waals surface area contributed by atoms with Crippen LogP contribution in [0.25, 0.3) is 0 Å². The third-order valence-corrected chi connectivity index (χ3v) is 2.64. The fourth-order valence-electron chi connectivity index (χ4n) is 1.52. The minimum Gasteiger partial charge on any atom is -0.432 e. The molecule has 118 valence electrons. The predicted octanol–water partition coefficient (Wildman–Crippen LogP) is 2.71. The first-order chi connectivity index (χ1) is 9.92. The van der Waals surface area contributed by atoms with E-state index in [9.17, 15) is 23.1 Å². The van der Waals surface area contributed by atoms with E-state index in [1.54, 1.807) is 6.92 Å². The normalized spacial score (nSPS) is 12.1. The molecule has 1 aromatic rings. The van der Waals surface area contributed by atoms with E-state index in [1.807, 2.05) is 0 Å². The quantitative estimate of drug-likeness (QED) is 0.725. The minimum atomic E-state index is -3.13. The SMILES string of the molecule is CCC(O)CCNC(=O)Nc1ccc(F)cc1OC(F)F. The van der Waals surface area contributed by atoms with E-state index in [0.29, 0.717) is 12.8 Å². The van der Waals surface area contributed by atoms with Crippen LogP contribution < -0.4 is 15.4 Å². The van der Waals surface area contributed by atoms with E-state index in [-0.39, 0.29) is 12.2 Å². The summed E-state index contributed by atoms with van der Waals surface area (Å²) in [5.41, 5.74) is -0.0785. The van der Waals surface area contributed by atoms with Gasteiger partial charge < -0.3 is 20.5 Å². The number of alkyl halides is 2. The maximum absolute atomic E-state index is 13.0. The molecule has 1 unspecified atom stereocenters. The lowest BCUT2D eigenvalue weighted by Gasteiger charge is -2.13. The number of aliphatic hydroxyl groups is 1. The number of rotatable bonds is 7. The molecule has 5 nitrogen and oxygen atoms in total. The van der Waals surface area contributed by atoms with Gasteiger partial charge in [0, 0.05) is 12.6 Å². The first kappa shape index (κ1) is 17.1. The van der Waals surface area contributed by atoms with Gasteiger partial charge in [0.25, 0.3) is 0 Å². The number of hydrogen-bond donors (Lipinski definition) is 3. The van der Waals surface area contributed by atoms with Crippen LogP contribution in [0.3, 0.4) is 0 Å². The highest BCUT2D eigenvalue weighted by molar-refractivity contribution is 5.90. The van der Waals surface area contributed by atoms with E-state index >= 15 is 0 Å². The number of hydrogen-bond acceptors (Lipinski definition) is 3. The summed E-state index contributed by atoms with van der Waals surface area (Å²) < 4.78 is 41.5. The number of halogens is 3. The number of urea groups is 1. The fraction of sp³-hybridized carbons (Fsp3) is 0.462. The third kappa shape index (κ3) is 6.35. The molecular formula is C13H17F3N2O3. The van der Waals surface area contributed by atoms with Crippen molar-refractivity contribution in [1.29, 1.82) is 0 Å². The number of ether oxygens (including phenoxy) is 1. The van der Waals surface area contributed by atoms with Crippen molar-refractivity contribution in [2.75, 3.05) is 11.9 Å². The molecule has 1 rings (SSSR count). The van der Waals surface area contributed by atoms with Crippen LogP contribution in [0.4, 0.5) is 23.7 Å². The predicted molar refractivity (Wildman–Crippen MR) is 71.0 cm³/mol. The van der Waals surface area contributed by atoms with Crippen LogP contribution in [0.2, 0.25) is 0 Å². The molecule has 0 saturated carbocycles. The molecule has 1 atom stereocenters. The Labute approximate surface area is 120 Å². The molecule has 0 aliphatic rings. The highest BCUT2D eigenvalue weighted by Gasteiger charge is 2.13. The second-order valence-corrected chi connectivity index (χ2v) is 4.25. The summed E-state index contributed by atoms with van der Waals surface area (Å²) in [6.07, 6.45) is 0.412. The molecule has 2 amide bonds. The minimum absolute atomic E-state index is 0.0785. The van der Waals surface area contributed by atoms with Gasteiger partial charge in [-0.25, -0.2) is 9.18 Å². The Morgan fingerprint density at radius 1 is 1.43 bits per heavy atom. The molecule has 0 fully saturated rings. The molecule has 8 heteroatoms. The standard InChI is InChI=1S/C13H17F3N2O3/c1-2-9(19)5-6-17-13(20)18-10-4-3-8(14)7-11(10)21-12(15)16/h3-4,7,9,12,19H,2,5-6H2,1H3,(H2,17,18,20). The number of anilines is 1. The van der Waals surface area contributed by atoms with Crippen molar-refractivity contribution < 1.29 is 27.8 Å². The molecule has 0 spiro atoms. The van der Waals surface area contributed by atoms with Crippen LogP contribution in [-0.4, -0.2) is 30.4 Å². The zero-order valence-electron chi connectivity index (χ0n) is 11.4. The zero-order valence-corrected chi connectivity index (χ0v) is 11.4. The van der Waals surface area contributed by atoms with Gasteiger partial charge in [-0.1, -0.05) is 6.92 Å². The molecular weight excluding hydrogens is 289 g/mol. The summed E-state index contributed by atoms with van der Waals surface area (Å²) in [7, 11) is 0. The Morgan fingerprint density at radius 3 is 2.76 bits per heavy atom. The summed E-state index contributed by atoms with van der Waals surface area (Å²) in [6.45, 7) is -1.11. The Morgan fingerprint density at radius 2 is 2.14 bits per heavy atom. The zero-order chi connectivity index (χ0) is 15.8. The average molecular weight is 306 g/mol. The molecule has 21 heavy (non-hydrogen) atoms. The topological polar surface area (TPSA) is 70.6 Å². The van der Waals surface area contributed by atoms with Crippen LogP contribution in [0.5, 0.6) is 5.75 Å². The Bertz CT molecular complexity index is 472. The molecule has 0 aromatic heterocycles.